The molecule has 1 N–H and O–H groups in total. The molecule has 9 heteroatoms. The molecule has 0 atom stereocenters. The summed E-state index contributed by atoms with van der Waals surface area (Å²) in [5.41, 5.74) is 2.33. The smallest absolute Gasteiger partial charge is 0.338 e. The predicted octanol–water partition coefficient (Wildman–Crippen LogP) is 5.66. The largest absolute Gasteiger partial charge is 0.462 e. The second-order valence-corrected chi connectivity index (χ2v) is 9.88. The minimum absolute atomic E-state index is 0.205. The molecule has 0 saturated carbocycles. The number of carbonyl (C=O) groups is 2. The van der Waals surface area contributed by atoms with Gasteiger partial charge in [0.2, 0.25) is 5.91 Å². The average Bonchev–Trinajstić information content (AvgIpc) is 3.24. The number of benzene rings is 2. The van der Waals surface area contributed by atoms with Crippen LogP contribution in [0.3, 0.4) is 0 Å². The Morgan fingerprint density at radius 3 is 2.63 bits per heavy atom. The number of ether oxygens (including phenoxy) is 1. The fraction of sp³-hybridized carbons (Fsp3) is 0.231. The van der Waals surface area contributed by atoms with Crippen LogP contribution in [0.25, 0.3) is 21.3 Å². The Morgan fingerprint density at radius 2 is 1.91 bits per heavy atom. The van der Waals surface area contributed by atoms with Gasteiger partial charge in [0.1, 0.15) is 11.4 Å². The number of aryl methyl sites for hydroxylation is 1. The molecule has 2 aromatic carbocycles. The van der Waals surface area contributed by atoms with E-state index in [4.69, 9.17) is 4.74 Å². The zero-order chi connectivity index (χ0) is 24.9. The van der Waals surface area contributed by atoms with Crippen LogP contribution in [0.15, 0.2) is 64.1 Å². The molecule has 2 heterocycles. The Bertz CT molecular complexity index is 1440. The lowest BCUT2D eigenvalue weighted by molar-refractivity contribution is -0.116. The summed E-state index contributed by atoms with van der Waals surface area (Å²) in [6.45, 7) is 4.09. The van der Waals surface area contributed by atoms with E-state index in [1.165, 1.54) is 22.2 Å². The molecule has 4 aromatic rings. The summed E-state index contributed by atoms with van der Waals surface area (Å²) in [4.78, 5) is 44.5. The van der Waals surface area contributed by atoms with Crippen LogP contribution in [0.1, 0.15) is 35.5 Å². The van der Waals surface area contributed by atoms with E-state index in [1.807, 2.05) is 38.1 Å². The Balaban J connectivity index is 1.60. The molecule has 7 nitrogen and oxygen atoms in total. The Hall–Kier alpha value is -3.30. The Morgan fingerprint density at radius 1 is 1.14 bits per heavy atom. The molecule has 0 unspecified atom stereocenters. The zero-order valence-corrected chi connectivity index (χ0v) is 21.7. The second-order valence-electron chi connectivity index (χ2n) is 7.88. The lowest BCUT2D eigenvalue weighted by atomic mass is 10.0. The second kappa shape index (κ2) is 11.0. The highest BCUT2D eigenvalue weighted by molar-refractivity contribution is 9.10. The van der Waals surface area contributed by atoms with Gasteiger partial charge in [0.15, 0.2) is 0 Å². The molecule has 1 amide bonds. The van der Waals surface area contributed by atoms with Crippen molar-refractivity contribution in [2.75, 3.05) is 11.9 Å². The SMILES string of the molecule is CCCOC(=O)c1cccc(NC(=O)Cn2cnc3sc(CC)c(-c4ccc(Br)cc4)c3c2=O)c1. The van der Waals surface area contributed by atoms with Crippen molar-refractivity contribution in [2.24, 2.45) is 0 Å². The highest BCUT2D eigenvalue weighted by Gasteiger charge is 2.19. The molecule has 0 radical (unpaired) electrons. The lowest BCUT2D eigenvalue weighted by Gasteiger charge is -2.09. The third-order valence-corrected chi connectivity index (χ3v) is 7.11. The van der Waals surface area contributed by atoms with Gasteiger partial charge in [0.05, 0.1) is 23.9 Å². The third kappa shape index (κ3) is 5.52. The molecule has 180 valence electrons. The lowest BCUT2D eigenvalue weighted by Crippen LogP contribution is -2.27. The molecule has 35 heavy (non-hydrogen) atoms. The molecule has 0 saturated heterocycles. The van der Waals surface area contributed by atoms with Crippen LogP contribution >= 0.6 is 27.3 Å². The van der Waals surface area contributed by atoms with E-state index >= 15 is 0 Å². The molecule has 0 fully saturated rings. The van der Waals surface area contributed by atoms with E-state index in [2.05, 4.69) is 26.2 Å². The maximum atomic E-state index is 13.4. The van der Waals surface area contributed by atoms with E-state index < -0.39 is 11.9 Å². The van der Waals surface area contributed by atoms with Crippen molar-refractivity contribution < 1.29 is 14.3 Å². The molecule has 4 rings (SSSR count). The highest BCUT2D eigenvalue weighted by Crippen LogP contribution is 2.36. The minimum atomic E-state index is -0.446. The van der Waals surface area contributed by atoms with Crippen molar-refractivity contribution in [3.8, 4) is 11.1 Å². The summed E-state index contributed by atoms with van der Waals surface area (Å²) in [6.07, 6.45) is 2.90. The number of carbonyl (C=O) groups excluding carboxylic acids is 2. The van der Waals surface area contributed by atoms with E-state index in [0.29, 0.717) is 28.1 Å². The number of hydrogen-bond acceptors (Lipinski definition) is 6. The van der Waals surface area contributed by atoms with E-state index in [9.17, 15) is 14.4 Å². The van der Waals surface area contributed by atoms with Crippen molar-refractivity contribution in [1.29, 1.82) is 0 Å². The summed E-state index contributed by atoms with van der Waals surface area (Å²) >= 11 is 4.95. The third-order valence-electron chi connectivity index (χ3n) is 5.34. The van der Waals surface area contributed by atoms with Crippen LogP contribution in [-0.2, 0) is 22.5 Å². The number of rotatable bonds is 8. The van der Waals surface area contributed by atoms with Crippen LogP contribution < -0.4 is 10.9 Å². The molecule has 0 spiro atoms. The highest BCUT2D eigenvalue weighted by atomic mass is 79.9. The molecular weight excluding hydrogens is 530 g/mol. The van der Waals surface area contributed by atoms with Crippen molar-refractivity contribution >= 4 is 55.0 Å². The number of aromatic nitrogens is 2. The van der Waals surface area contributed by atoms with Gasteiger partial charge in [0, 0.05) is 20.6 Å². The van der Waals surface area contributed by atoms with Crippen molar-refractivity contribution in [1.82, 2.24) is 9.55 Å². The first-order valence-electron chi connectivity index (χ1n) is 11.2. The van der Waals surface area contributed by atoms with E-state index in [0.717, 1.165) is 33.3 Å². The van der Waals surface area contributed by atoms with Gasteiger partial charge in [-0.3, -0.25) is 14.2 Å². The van der Waals surface area contributed by atoms with Gasteiger partial charge in [-0.25, -0.2) is 9.78 Å². The van der Waals surface area contributed by atoms with E-state index in [1.54, 1.807) is 24.3 Å². The first-order valence-corrected chi connectivity index (χ1v) is 12.9. The predicted molar refractivity (Wildman–Crippen MR) is 142 cm³/mol. The summed E-state index contributed by atoms with van der Waals surface area (Å²) in [7, 11) is 0. The van der Waals surface area contributed by atoms with Crippen LogP contribution in [0, 0.1) is 0 Å². The monoisotopic (exact) mass is 553 g/mol. The van der Waals surface area contributed by atoms with Gasteiger partial charge in [-0.2, -0.15) is 0 Å². The minimum Gasteiger partial charge on any atom is -0.462 e. The quantitative estimate of drug-likeness (QED) is 0.284. The van der Waals surface area contributed by atoms with Gasteiger partial charge in [-0.15, -0.1) is 11.3 Å². The number of fused-ring (bicyclic) bond motifs is 1. The van der Waals surface area contributed by atoms with Gasteiger partial charge in [0.25, 0.3) is 5.56 Å². The van der Waals surface area contributed by atoms with Gasteiger partial charge < -0.3 is 10.1 Å². The average molecular weight is 554 g/mol. The van der Waals surface area contributed by atoms with Gasteiger partial charge >= 0.3 is 5.97 Å². The molecule has 0 bridgehead atoms. The number of halogens is 1. The maximum Gasteiger partial charge on any atom is 0.338 e. The first kappa shape index (κ1) is 24.8. The van der Waals surface area contributed by atoms with Crippen LogP contribution in [0.2, 0.25) is 0 Å². The first-order chi connectivity index (χ1) is 16.9. The van der Waals surface area contributed by atoms with Crippen LogP contribution in [-0.4, -0.2) is 28.0 Å². The maximum absolute atomic E-state index is 13.4. The number of nitrogens with one attached hydrogen (secondary N) is 1. The normalized spacial score (nSPS) is 10.9. The van der Waals surface area contributed by atoms with Crippen LogP contribution in [0.5, 0.6) is 0 Å². The van der Waals surface area contributed by atoms with Crippen molar-refractivity contribution in [3.63, 3.8) is 0 Å². The van der Waals surface area contributed by atoms with Crippen molar-refractivity contribution in [2.45, 2.75) is 33.2 Å². The summed E-state index contributed by atoms with van der Waals surface area (Å²) < 4.78 is 7.41. The zero-order valence-electron chi connectivity index (χ0n) is 19.3. The van der Waals surface area contributed by atoms with Crippen LogP contribution in [0.4, 0.5) is 5.69 Å². The van der Waals surface area contributed by atoms with Gasteiger partial charge in [-0.1, -0.05) is 48.0 Å². The number of thiophene rings is 1. The molecule has 0 aliphatic heterocycles. The topological polar surface area (TPSA) is 90.3 Å². The summed E-state index contributed by atoms with van der Waals surface area (Å²) in [5, 5.41) is 3.27. The summed E-state index contributed by atoms with van der Waals surface area (Å²) in [5.74, 6) is -0.845. The summed E-state index contributed by atoms with van der Waals surface area (Å²) in [6, 6.07) is 14.3. The number of nitrogens with zero attached hydrogens (tertiary/aromatic N) is 2. The fourth-order valence-electron chi connectivity index (χ4n) is 3.71. The molecule has 2 aromatic heterocycles. The Kier molecular flexibility index (Phi) is 7.77. The molecule has 0 aliphatic rings. The standard InChI is InChI=1S/C26H24BrN3O4S/c1-3-12-34-26(33)17-6-5-7-19(13-17)29-21(31)14-30-15-28-24-23(25(30)32)22(20(4-2)35-24)16-8-10-18(27)11-9-16/h5-11,13,15H,3-4,12,14H2,1-2H3,(H,29,31). The van der Waals surface area contributed by atoms with Gasteiger partial charge in [-0.05, 0) is 48.7 Å². The fourth-order valence-corrected chi connectivity index (χ4v) is 5.07. The molecular formula is C26H24BrN3O4S. The number of anilines is 1. The van der Waals surface area contributed by atoms with E-state index in [-0.39, 0.29) is 12.1 Å². The number of esters is 1. The number of hydrogen-bond donors (Lipinski definition) is 1. The Labute approximate surface area is 214 Å². The van der Waals surface area contributed by atoms with Crippen molar-refractivity contribution in [3.05, 3.63) is 80.1 Å². The molecule has 0 aliphatic carbocycles. The number of amides is 1.